The molecular weight excluding hydrogens is 322 g/mol. The topological polar surface area (TPSA) is 111 Å². The second-order valence-corrected chi connectivity index (χ2v) is 6.68. The van der Waals surface area contributed by atoms with E-state index in [4.69, 9.17) is 0 Å². The van der Waals surface area contributed by atoms with Crippen LogP contribution in [0.4, 0.5) is 5.69 Å². The van der Waals surface area contributed by atoms with E-state index < -0.39 is 16.0 Å². The Morgan fingerprint density at radius 3 is 2.65 bits per heavy atom. The average Bonchev–Trinajstić information content (AvgIpc) is 2.99. The summed E-state index contributed by atoms with van der Waals surface area (Å²) < 4.78 is 33.2. The molecule has 8 nitrogen and oxygen atoms in total. The van der Waals surface area contributed by atoms with Crippen molar-refractivity contribution in [1.82, 2.24) is 9.55 Å². The molecule has 0 unspecified atom stereocenters. The smallest absolute Gasteiger partial charge is 0.340 e. The molecule has 0 saturated heterocycles. The predicted molar refractivity (Wildman–Crippen MR) is 82.9 cm³/mol. The molecule has 23 heavy (non-hydrogen) atoms. The number of aromatic nitrogens is 2. The zero-order chi connectivity index (χ0) is 17.2. The lowest BCUT2D eigenvalue weighted by Crippen LogP contribution is -2.16. The summed E-state index contributed by atoms with van der Waals surface area (Å²) in [5.41, 5.74) is -0.349. The number of hydrogen-bond donors (Lipinski definition) is 2. The van der Waals surface area contributed by atoms with Gasteiger partial charge in [-0.25, -0.2) is 9.78 Å². The van der Waals surface area contributed by atoms with Gasteiger partial charge in [-0.05, 0) is 26.0 Å². The molecule has 2 aromatic rings. The Balaban J connectivity index is 2.43. The highest BCUT2D eigenvalue weighted by molar-refractivity contribution is 7.92. The van der Waals surface area contributed by atoms with Gasteiger partial charge < -0.3 is 14.4 Å². The number of ether oxygens (including phenoxy) is 1. The molecule has 0 bridgehead atoms. The largest absolute Gasteiger partial charge is 0.506 e. The maximum Gasteiger partial charge on any atom is 0.340 e. The summed E-state index contributed by atoms with van der Waals surface area (Å²) in [6.07, 6.45) is 2.76. The number of phenols is 1. The van der Waals surface area contributed by atoms with E-state index in [-0.39, 0.29) is 28.1 Å². The predicted octanol–water partition coefficient (Wildman–Crippen LogP) is 1.76. The average molecular weight is 339 g/mol. The number of carbonyl (C=O) groups excluding carboxylic acids is 1. The maximum absolute atomic E-state index is 12.4. The molecule has 9 heteroatoms. The molecule has 0 radical (unpaired) electrons. The van der Waals surface area contributed by atoms with Crippen LogP contribution in [0.2, 0.25) is 0 Å². The molecule has 0 saturated carbocycles. The molecule has 0 aliphatic carbocycles. The first kappa shape index (κ1) is 16.8. The summed E-state index contributed by atoms with van der Waals surface area (Å²) in [5, 5.41) is 9.66. The molecule has 1 aromatic carbocycles. The van der Waals surface area contributed by atoms with Crippen molar-refractivity contribution in [2.45, 2.75) is 24.9 Å². The van der Waals surface area contributed by atoms with E-state index >= 15 is 0 Å². The Morgan fingerprint density at radius 1 is 1.39 bits per heavy atom. The van der Waals surface area contributed by atoms with Crippen molar-refractivity contribution in [3.63, 3.8) is 0 Å². The van der Waals surface area contributed by atoms with Gasteiger partial charge in [-0.3, -0.25) is 4.72 Å². The summed E-state index contributed by atoms with van der Waals surface area (Å²) in [6, 6.07) is 4.06. The Labute approximate surface area is 133 Å². The Kier molecular flexibility index (Phi) is 4.60. The van der Waals surface area contributed by atoms with Gasteiger partial charge in [0.15, 0.2) is 5.03 Å². The van der Waals surface area contributed by atoms with Crippen LogP contribution in [0.3, 0.4) is 0 Å². The number of nitrogens with one attached hydrogen (secondary N) is 1. The molecule has 0 fully saturated rings. The zero-order valence-corrected chi connectivity index (χ0v) is 13.7. The lowest BCUT2D eigenvalue weighted by molar-refractivity contribution is 0.0601. The SMILES string of the molecule is COC(=O)c1cccc(O)c1NS(=O)(=O)c1cn(C(C)C)cn1. The minimum atomic E-state index is -4.06. The van der Waals surface area contributed by atoms with Gasteiger partial charge in [-0.1, -0.05) is 6.07 Å². The number of esters is 1. The molecule has 1 heterocycles. The van der Waals surface area contributed by atoms with Gasteiger partial charge in [-0.2, -0.15) is 8.42 Å². The van der Waals surface area contributed by atoms with E-state index in [0.29, 0.717) is 0 Å². The van der Waals surface area contributed by atoms with Gasteiger partial charge in [0.2, 0.25) is 0 Å². The number of anilines is 1. The van der Waals surface area contributed by atoms with E-state index in [1.165, 1.54) is 30.7 Å². The van der Waals surface area contributed by atoms with Crippen molar-refractivity contribution in [2.75, 3.05) is 11.8 Å². The van der Waals surface area contributed by atoms with Crippen molar-refractivity contribution in [2.24, 2.45) is 0 Å². The number of phenolic OH excluding ortho intramolecular Hbond substituents is 1. The number of benzene rings is 1. The molecule has 1 aromatic heterocycles. The van der Waals surface area contributed by atoms with Crippen LogP contribution in [0, 0.1) is 0 Å². The first-order valence-electron chi connectivity index (χ1n) is 6.73. The number of methoxy groups -OCH3 is 1. The van der Waals surface area contributed by atoms with Crippen LogP contribution >= 0.6 is 0 Å². The summed E-state index contributed by atoms with van der Waals surface area (Å²) in [4.78, 5) is 15.6. The summed E-state index contributed by atoms with van der Waals surface area (Å²) in [7, 11) is -2.90. The summed E-state index contributed by atoms with van der Waals surface area (Å²) >= 11 is 0. The van der Waals surface area contributed by atoms with Gasteiger partial charge in [0, 0.05) is 12.2 Å². The van der Waals surface area contributed by atoms with E-state index in [9.17, 15) is 18.3 Å². The number of carbonyl (C=O) groups is 1. The fourth-order valence-electron chi connectivity index (χ4n) is 1.85. The molecule has 0 amide bonds. The molecule has 0 aliphatic heterocycles. The van der Waals surface area contributed by atoms with Crippen LogP contribution in [-0.2, 0) is 14.8 Å². The highest BCUT2D eigenvalue weighted by Gasteiger charge is 2.24. The standard InChI is InChI=1S/C14H17N3O5S/c1-9(2)17-7-12(15-8-17)23(20,21)16-13-10(14(19)22-3)5-4-6-11(13)18/h4-9,16,18H,1-3H3. The number of para-hydroxylation sites is 1. The monoisotopic (exact) mass is 339 g/mol. The van der Waals surface area contributed by atoms with Crippen molar-refractivity contribution < 1.29 is 23.1 Å². The molecule has 124 valence electrons. The second kappa shape index (κ2) is 6.29. The minimum Gasteiger partial charge on any atom is -0.506 e. The molecule has 0 aliphatic rings. The second-order valence-electron chi connectivity index (χ2n) is 5.05. The third-order valence-electron chi connectivity index (χ3n) is 3.13. The van der Waals surface area contributed by atoms with Crippen LogP contribution in [0.25, 0.3) is 0 Å². The maximum atomic E-state index is 12.4. The molecule has 2 N–H and O–H groups in total. The van der Waals surface area contributed by atoms with Crippen molar-refractivity contribution in [3.8, 4) is 5.75 Å². The number of rotatable bonds is 5. The van der Waals surface area contributed by atoms with Gasteiger partial charge in [0.1, 0.15) is 11.4 Å². The van der Waals surface area contributed by atoms with Gasteiger partial charge >= 0.3 is 5.97 Å². The molecule has 2 rings (SSSR count). The Morgan fingerprint density at radius 2 is 2.09 bits per heavy atom. The molecule has 0 atom stereocenters. The summed E-state index contributed by atoms with van der Waals surface area (Å²) in [6.45, 7) is 3.76. The van der Waals surface area contributed by atoms with Crippen molar-refractivity contribution >= 4 is 21.7 Å². The molecule has 0 spiro atoms. The fraction of sp³-hybridized carbons (Fsp3) is 0.286. The number of imidazole rings is 1. The van der Waals surface area contributed by atoms with Crippen LogP contribution in [0.1, 0.15) is 30.2 Å². The minimum absolute atomic E-state index is 0.0437. The van der Waals surface area contributed by atoms with E-state index in [0.717, 1.165) is 7.11 Å². The lowest BCUT2D eigenvalue weighted by Gasteiger charge is -2.11. The van der Waals surface area contributed by atoms with Crippen LogP contribution in [0.15, 0.2) is 35.7 Å². The third-order valence-corrected chi connectivity index (χ3v) is 4.37. The van der Waals surface area contributed by atoms with Crippen LogP contribution < -0.4 is 4.72 Å². The fourth-order valence-corrected chi connectivity index (χ4v) is 2.89. The number of sulfonamides is 1. The van der Waals surface area contributed by atoms with Gasteiger partial charge in [0.05, 0.1) is 19.0 Å². The quantitative estimate of drug-likeness (QED) is 0.634. The van der Waals surface area contributed by atoms with Crippen molar-refractivity contribution in [1.29, 1.82) is 0 Å². The number of nitrogens with zero attached hydrogens (tertiary/aromatic N) is 2. The zero-order valence-electron chi connectivity index (χ0n) is 12.8. The molecular formula is C14H17N3O5S. The first-order valence-corrected chi connectivity index (χ1v) is 8.21. The van der Waals surface area contributed by atoms with Crippen molar-refractivity contribution in [3.05, 3.63) is 36.3 Å². The summed E-state index contributed by atoms with van der Waals surface area (Å²) in [5.74, 6) is -1.16. The number of aromatic hydroxyl groups is 1. The normalized spacial score (nSPS) is 11.5. The third kappa shape index (κ3) is 3.45. The Bertz CT molecular complexity index is 827. The van der Waals surface area contributed by atoms with Crippen LogP contribution in [0.5, 0.6) is 5.75 Å². The van der Waals surface area contributed by atoms with Crippen LogP contribution in [-0.4, -0.2) is 36.2 Å². The Hall–Kier alpha value is -2.55. The van der Waals surface area contributed by atoms with Gasteiger partial charge in [-0.15, -0.1) is 0 Å². The highest BCUT2D eigenvalue weighted by atomic mass is 32.2. The van der Waals surface area contributed by atoms with E-state index in [1.54, 1.807) is 4.57 Å². The first-order chi connectivity index (χ1) is 10.8. The van der Waals surface area contributed by atoms with E-state index in [1.807, 2.05) is 13.8 Å². The number of hydrogen-bond acceptors (Lipinski definition) is 6. The highest BCUT2D eigenvalue weighted by Crippen LogP contribution is 2.30. The van der Waals surface area contributed by atoms with E-state index in [2.05, 4.69) is 14.4 Å². The van der Waals surface area contributed by atoms with Gasteiger partial charge in [0.25, 0.3) is 10.0 Å². The lowest BCUT2D eigenvalue weighted by atomic mass is 10.1.